The predicted octanol–water partition coefficient (Wildman–Crippen LogP) is 2.36. The van der Waals surface area contributed by atoms with Crippen LogP contribution in [0.4, 0.5) is 0 Å². The molecule has 3 aromatic heterocycles. The zero-order chi connectivity index (χ0) is 12.4. The van der Waals surface area contributed by atoms with Gasteiger partial charge in [-0.1, -0.05) is 16.9 Å². The van der Waals surface area contributed by atoms with E-state index in [4.69, 9.17) is 8.94 Å². The zero-order valence-electron chi connectivity index (χ0n) is 9.61. The molecule has 0 amide bonds. The smallest absolute Gasteiger partial charge is 0.293 e. The Bertz CT molecular complexity index is 629. The fraction of sp³-hybridized carbons (Fsp3) is 0.182. The fourth-order valence-corrected chi connectivity index (χ4v) is 2.21. The maximum atomic E-state index is 5.18. The number of thioether (sulfide) groups is 1. The molecule has 0 aliphatic heterocycles. The van der Waals surface area contributed by atoms with Gasteiger partial charge in [0.05, 0.1) is 12.0 Å². The first-order valence-corrected chi connectivity index (χ1v) is 6.28. The third-order valence-electron chi connectivity index (χ3n) is 2.31. The molecule has 0 radical (unpaired) electrons. The third-order valence-corrected chi connectivity index (χ3v) is 3.36. The zero-order valence-corrected chi connectivity index (χ0v) is 10.4. The van der Waals surface area contributed by atoms with Gasteiger partial charge in [0.25, 0.3) is 5.89 Å². The van der Waals surface area contributed by atoms with Gasteiger partial charge in [0, 0.05) is 19.4 Å². The van der Waals surface area contributed by atoms with Crippen molar-refractivity contribution in [3.63, 3.8) is 0 Å². The Balaban J connectivity index is 1.69. The molecular weight excluding hydrogens is 252 g/mol. The summed E-state index contributed by atoms with van der Waals surface area (Å²) in [6.07, 6.45) is 5.22. The number of imidazole rings is 1. The highest BCUT2D eigenvalue weighted by atomic mass is 32.2. The van der Waals surface area contributed by atoms with Crippen molar-refractivity contribution in [2.24, 2.45) is 7.05 Å². The van der Waals surface area contributed by atoms with Gasteiger partial charge in [-0.2, -0.15) is 4.98 Å². The van der Waals surface area contributed by atoms with Crippen LogP contribution in [0.3, 0.4) is 0 Å². The second-order valence-corrected chi connectivity index (χ2v) is 4.54. The lowest BCUT2D eigenvalue weighted by Crippen LogP contribution is -1.90. The van der Waals surface area contributed by atoms with E-state index in [0.29, 0.717) is 23.2 Å². The van der Waals surface area contributed by atoms with Gasteiger partial charge in [-0.25, -0.2) is 4.98 Å². The summed E-state index contributed by atoms with van der Waals surface area (Å²) in [4.78, 5) is 8.46. The van der Waals surface area contributed by atoms with Gasteiger partial charge in [0.2, 0.25) is 0 Å². The van der Waals surface area contributed by atoms with Crippen molar-refractivity contribution < 1.29 is 8.94 Å². The molecule has 0 aromatic carbocycles. The van der Waals surface area contributed by atoms with Crippen molar-refractivity contribution in [3.05, 3.63) is 36.6 Å². The molecule has 18 heavy (non-hydrogen) atoms. The summed E-state index contributed by atoms with van der Waals surface area (Å²) < 4.78 is 12.2. The average molecular weight is 262 g/mol. The van der Waals surface area contributed by atoms with E-state index in [9.17, 15) is 0 Å². The van der Waals surface area contributed by atoms with Crippen LogP contribution in [-0.2, 0) is 12.8 Å². The average Bonchev–Trinajstić information content (AvgIpc) is 3.08. The molecule has 0 aliphatic rings. The topological polar surface area (TPSA) is 69.9 Å². The minimum absolute atomic E-state index is 0.399. The Morgan fingerprint density at radius 1 is 1.44 bits per heavy atom. The predicted molar refractivity (Wildman–Crippen MR) is 64.8 cm³/mol. The second-order valence-electron chi connectivity index (χ2n) is 3.60. The molecule has 0 spiro atoms. The molecule has 92 valence electrons. The van der Waals surface area contributed by atoms with Crippen LogP contribution < -0.4 is 0 Å². The highest BCUT2D eigenvalue weighted by Gasteiger charge is 2.11. The maximum absolute atomic E-state index is 5.18. The van der Waals surface area contributed by atoms with E-state index in [1.165, 1.54) is 0 Å². The molecule has 0 aliphatic carbocycles. The normalized spacial score (nSPS) is 10.9. The molecular formula is C11H10N4O2S. The molecule has 6 nitrogen and oxygen atoms in total. The number of hydrogen-bond donors (Lipinski definition) is 0. The number of nitrogens with zero attached hydrogens (tertiary/aromatic N) is 4. The Morgan fingerprint density at radius 3 is 3.11 bits per heavy atom. The molecule has 3 rings (SSSR count). The summed E-state index contributed by atoms with van der Waals surface area (Å²) in [5, 5.41) is 4.81. The van der Waals surface area contributed by atoms with Crippen LogP contribution in [-0.4, -0.2) is 19.7 Å². The minimum atomic E-state index is 0.399. The van der Waals surface area contributed by atoms with E-state index in [1.54, 1.807) is 36.4 Å². The molecule has 0 atom stereocenters. The monoisotopic (exact) mass is 262 g/mol. The number of furan rings is 1. The maximum Gasteiger partial charge on any atom is 0.293 e. The van der Waals surface area contributed by atoms with E-state index >= 15 is 0 Å². The van der Waals surface area contributed by atoms with Crippen molar-refractivity contribution in [2.75, 3.05) is 0 Å². The van der Waals surface area contributed by atoms with E-state index < -0.39 is 0 Å². The summed E-state index contributed by atoms with van der Waals surface area (Å²) in [6.45, 7) is 0. The van der Waals surface area contributed by atoms with Crippen molar-refractivity contribution in [3.8, 4) is 11.7 Å². The number of rotatable bonds is 4. The molecule has 0 saturated carbocycles. The Hall–Kier alpha value is -2.02. The fourth-order valence-electron chi connectivity index (χ4n) is 1.43. The molecule has 3 aromatic rings. The second kappa shape index (κ2) is 4.69. The van der Waals surface area contributed by atoms with Gasteiger partial charge in [-0.15, -0.1) is 0 Å². The highest BCUT2D eigenvalue weighted by Crippen LogP contribution is 2.22. The summed E-state index contributed by atoms with van der Waals surface area (Å²) in [5.74, 6) is 2.20. The first-order valence-electron chi connectivity index (χ1n) is 5.29. The van der Waals surface area contributed by atoms with Gasteiger partial charge < -0.3 is 13.5 Å². The quantitative estimate of drug-likeness (QED) is 0.672. The van der Waals surface area contributed by atoms with E-state index in [-0.39, 0.29) is 0 Å². The molecule has 0 bridgehead atoms. The standard InChI is InChI=1S/C11H10N4O2S/c1-15-5-4-12-11(15)18-7-9-13-10(17-14-9)8-3-2-6-16-8/h2-6H,7H2,1H3. The van der Waals surface area contributed by atoms with E-state index in [0.717, 1.165) is 5.16 Å². The van der Waals surface area contributed by atoms with Crippen LogP contribution in [0, 0.1) is 0 Å². The Kier molecular flexibility index (Phi) is 2.89. The number of hydrogen-bond acceptors (Lipinski definition) is 6. The van der Waals surface area contributed by atoms with Crippen LogP contribution in [0.2, 0.25) is 0 Å². The van der Waals surface area contributed by atoms with Crippen LogP contribution in [0.5, 0.6) is 0 Å². The van der Waals surface area contributed by atoms with E-state index in [1.807, 2.05) is 17.8 Å². The van der Waals surface area contributed by atoms with Crippen molar-refractivity contribution >= 4 is 11.8 Å². The summed E-state index contributed by atoms with van der Waals surface area (Å²) >= 11 is 1.55. The van der Waals surface area contributed by atoms with Gasteiger partial charge in [0.1, 0.15) is 0 Å². The summed E-state index contributed by atoms with van der Waals surface area (Å²) in [7, 11) is 1.94. The third kappa shape index (κ3) is 2.17. The van der Waals surface area contributed by atoms with Crippen LogP contribution >= 0.6 is 11.8 Å². The molecule has 0 saturated heterocycles. The highest BCUT2D eigenvalue weighted by molar-refractivity contribution is 7.98. The summed E-state index contributed by atoms with van der Waals surface area (Å²) in [5.41, 5.74) is 0. The van der Waals surface area contributed by atoms with Crippen LogP contribution in [0.15, 0.2) is 44.9 Å². The van der Waals surface area contributed by atoms with E-state index in [2.05, 4.69) is 15.1 Å². The van der Waals surface area contributed by atoms with Crippen LogP contribution in [0.25, 0.3) is 11.7 Å². The number of aromatic nitrogens is 4. The Morgan fingerprint density at radius 2 is 2.39 bits per heavy atom. The lowest BCUT2D eigenvalue weighted by molar-refractivity contribution is 0.411. The minimum Gasteiger partial charge on any atom is -0.459 e. The van der Waals surface area contributed by atoms with Gasteiger partial charge in [-0.05, 0) is 12.1 Å². The lowest BCUT2D eigenvalue weighted by Gasteiger charge is -1.97. The van der Waals surface area contributed by atoms with Crippen molar-refractivity contribution in [1.82, 2.24) is 19.7 Å². The number of aryl methyl sites for hydroxylation is 1. The largest absolute Gasteiger partial charge is 0.459 e. The van der Waals surface area contributed by atoms with Crippen LogP contribution in [0.1, 0.15) is 5.82 Å². The van der Waals surface area contributed by atoms with Gasteiger partial charge in [-0.3, -0.25) is 0 Å². The first kappa shape index (κ1) is 11.1. The van der Waals surface area contributed by atoms with Crippen molar-refractivity contribution in [1.29, 1.82) is 0 Å². The van der Waals surface area contributed by atoms with Gasteiger partial charge in [0.15, 0.2) is 16.7 Å². The summed E-state index contributed by atoms with van der Waals surface area (Å²) in [6, 6.07) is 3.56. The molecule has 7 heteroatoms. The van der Waals surface area contributed by atoms with Gasteiger partial charge >= 0.3 is 0 Å². The lowest BCUT2D eigenvalue weighted by atomic mass is 10.4. The molecule has 0 unspecified atom stereocenters. The first-order chi connectivity index (χ1) is 8.83. The van der Waals surface area contributed by atoms with Crippen molar-refractivity contribution in [2.45, 2.75) is 10.9 Å². The SMILES string of the molecule is Cn1ccnc1SCc1noc(-c2ccco2)n1. The molecule has 0 N–H and O–H groups in total. The molecule has 0 fully saturated rings. The molecule has 3 heterocycles. The Labute approximate surface area is 107 Å².